The Morgan fingerprint density at radius 1 is 1.21 bits per heavy atom. The van der Waals surface area contributed by atoms with Crippen LogP contribution in [0, 0.1) is 12.8 Å². The van der Waals surface area contributed by atoms with Gasteiger partial charge in [0.25, 0.3) is 5.91 Å². The van der Waals surface area contributed by atoms with Crippen molar-refractivity contribution in [3.8, 4) is 22.7 Å². The fourth-order valence-electron chi connectivity index (χ4n) is 4.59. The maximum absolute atomic E-state index is 12.9. The molecule has 8 nitrogen and oxygen atoms in total. The number of aryl methyl sites for hydroxylation is 1. The summed E-state index contributed by atoms with van der Waals surface area (Å²) in [5.41, 5.74) is 9.91. The van der Waals surface area contributed by atoms with E-state index in [1.54, 1.807) is 6.08 Å². The summed E-state index contributed by atoms with van der Waals surface area (Å²) in [5, 5.41) is 5.57. The van der Waals surface area contributed by atoms with Gasteiger partial charge >= 0.3 is 0 Å². The highest BCUT2D eigenvalue weighted by atomic mass is 32.2. The number of carbonyl (C=O) groups excluding carboxylic acids is 2. The van der Waals surface area contributed by atoms with Crippen LogP contribution in [0.4, 0.5) is 0 Å². The average molecular weight is 528 g/mol. The van der Waals surface area contributed by atoms with Gasteiger partial charge in [0.2, 0.25) is 5.91 Å². The van der Waals surface area contributed by atoms with Gasteiger partial charge in [0.1, 0.15) is 18.1 Å². The molecule has 1 saturated heterocycles. The highest BCUT2D eigenvalue weighted by Gasteiger charge is 2.31. The normalized spacial score (nSPS) is 17.1. The maximum Gasteiger partial charge on any atom is 0.286 e. The van der Waals surface area contributed by atoms with Crippen LogP contribution in [0.1, 0.15) is 24.0 Å². The van der Waals surface area contributed by atoms with Crippen LogP contribution in [-0.4, -0.2) is 51.4 Å². The number of para-hydroxylation sites is 1. The summed E-state index contributed by atoms with van der Waals surface area (Å²) in [5.74, 6) is 0.103. The Morgan fingerprint density at radius 2 is 1.97 bits per heavy atom. The molecule has 2 aliphatic heterocycles. The molecule has 194 valence electrons. The van der Waals surface area contributed by atoms with E-state index in [-0.39, 0.29) is 17.7 Å². The summed E-state index contributed by atoms with van der Waals surface area (Å²) < 4.78 is 7.52. The van der Waals surface area contributed by atoms with Crippen LogP contribution in [0.25, 0.3) is 23.0 Å². The van der Waals surface area contributed by atoms with Gasteiger partial charge in [0.15, 0.2) is 5.17 Å². The highest BCUT2D eigenvalue weighted by Crippen LogP contribution is 2.35. The third-order valence-corrected chi connectivity index (χ3v) is 7.69. The quantitative estimate of drug-likeness (QED) is 0.356. The summed E-state index contributed by atoms with van der Waals surface area (Å²) in [7, 11) is 0. The second-order valence-electron chi connectivity index (χ2n) is 9.26. The number of carbonyl (C=O) groups is 2. The first-order valence-corrected chi connectivity index (χ1v) is 13.3. The molecule has 1 fully saturated rings. The zero-order chi connectivity index (χ0) is 26.6. The molecule has 5 rings (SSSR count). The van der Waals surface area contributed by atoms with Crippen LogP contribution in [0.15, 0.2) is 77.3 Å². The Hall–Kier alpha value is -4.11. The minimum atomic E-state index is -0.273. The number of piperidine rings is 1. The number of ether oxygens (including phenoxy) is 1. The molecule has 0 unspecified atom stereocenters. The number of aliphatic imine (C=N–C) groups is 1. The Kier molecular flexibility index (Phi) is 7.46. The zero-order valence-electron chi connectivity index (χ0n) is 21.2. The van der Waals surface area contributed by atoms with Crippen LogP contribution < -0.4 is 10.5 Å². The fourth-order valence-corrected chi connectivity index (χ4v) is 5.55. The molecule has 0 spiro atoms. The molecule has 0 radical (unpaired) electrons. The van der Waals surface area contributed by atoms with E-state index in [9.17, 15) is 9.59 Å². The van der Waals surface area contributed by atoms with Crippen molar-refractivity contribution in [2.75, 3.05) is 19.7 Å². The second-order valence-corrected chi connectivity index (χ2v) is 10.3. The van der Waals surface area contributed by atoms with Crippen LogP contribution in [0.3, 0.4) is 0 Å². The molecule has 9 heteroatoms. The Balaban J connectivity index is 1.45. The molecule has 3 heterocycles. The second kappa shape index (κ2) is 11.1. The maximum atomic E-state index is 12.9. The standard InChI is InChI=1S/C29H29N5O3S/c1-3-15-37-23-9-10-24(19(2)16-23)26-21(18-34(32-26)22-7-5-4-6-8-22)17-25-28(36)31-29(38-25)33-13-11-20(12-14-33)27(30)35/h3-10,16-18,20H,1,11-15H2,2H3,(H2,30,35). The van der Waals surface area contributed by atoms with Crippen molar-refractivity contribution in [3.63, 3.8) is 0 Å². The third-order valence-electron chi connectivity index (χ3n) is 6.65. The van der Waals surface area contributed by atoms with Crippen molar-refractivity contribution in [1.82, 2.24) is 14.7 Å². The van der Waals surface area contributed by atoms with Crippen molar-refractivity contribution < 1.29 is 14.3 Å². The first-order valence-electron chi connectivity index (χ1n) is 12.5. The molecular weight excluding hydrogens is 498 g/mol. The molecule has 0 bridgehead atoms. The largest absolute Gasteiger partial charge is 0.490 e. The van der Waals surface area contributed by atoms with E-state index in [2.05, 4.69) is 16.5 Å². The van der Waals surface area contributed by atoms with E-state index < -0.39 is 0 Å². The molecule has 3 aromatic rings. The molecule has 0 saturated carbocycles. The number of rotatable bonds is 7. The number of likely N-dealkylation sites (tertiary alicyclic amines) is 1. The smallest absolute Gasteiger partial charge is 0.286 e. The Morgan fingerprint density at radius 3 is 2.66 bits per heavy atom. The number of nitrogens with two attached hydrogens (primary N) is 1. The summed E-state index contributed by atoms with van der Waals surface area (Å²) in [6, 6.07) is 15.7. The van der Waals surface area contributed by atoms with E-state index in [0.717, 1.165) is 33.8 Å². The lowest BCUT2D eigenvalue weighted by Gasteiger charge is -2.31. The van der Waals surface area contributed by atoms with Gasteiger partial charge in [-0.1, -0.05) is 30.9 Å². The number of primary amides is 1. The van der Waals surface area contributed by atoms with E-state index in [0.29, 0.717) is 42.6 Å². The molecule has 2 amide bonds. The minimum Gasteiger partial charge on any atom is -0.490 e. The monoisotopic (exact) mass is 527 g/mol. The molecule has 2 aliphatic rings. The average Bonchev–Trinajstić information content (AvgIpc) is 3.51. The number of amidine groups is 1. The topological polar surface area (TPSA) is 103 Å². The van der Waals surface area contributed by atoms with Gasteiger partial charge in [0, 0.05) is 36.3 Å². The number of amides is 2. The Labute approximate surface area is 225 Å². The minimum absolute atomic E-state index is 0.118. The summed E-state index contributed by atoms with van der Waals surface area (Å²) in [4.78, 5) is 31.3. The lowest BCUT2D eigenvalue weighted by atomic mass is 9.97. The first kappa shape index (κ1) is 25.5. The molecule has 2 aromatic carbocycles. The molecule has 0 aliphatic carbocycles. The third kappa shape index (κ3) is 5.43. The molecule has 1 aromatic heterocycles. The number of nitrogens with zero attached hydrogens (tertiary/aromatic N) is 4. The summed E-state index contributed by atoms with van der Waals surface area (Å²) in [6.07, 6.45) is 6.85. The number of benzene rings is 2. The van der Waals surface area contributed by atoms with E-state index >= 15 is 0 Å². The first-order chi connectivity index (χ1) is 18.4. The van der Waals surface area contributed by atoms with Gasteiger partial charge in [-0.2, -0.15) is 10.1 Å². The zero-order valence-corrected chi connectivity index (χ0v) is 22.0. The van der Waals surface area contributed by atoms with Crippen LogP contribution in [0.5, 0.6) is 5.75 Å². The number of hydrogen-bond acceptors (Lipinski definition) is 6. The highest BCUT2D eigenvalue weighted by molar-refractivity contribution is 8.18. The number of hydrogen-bond donors (Lipinski definition) is 1. The lowest BCUT2D eigenvalue weighted by Crippen LogP contribution is -2.40. The predicted molar refractivity (Wildman–Crippen MR) is 151 cm³/mol. The fraction of sp³-hybridized carbons (Fsp3) is 0.241. The van der Waals surface area contributed by atoms with Crippen molar-refractivity contribution in [2.45, 2.75) is 19.8 Å². The van der Waals surface area contributed by atoms with Crippen LogP contribution in [0.2, 0.25) is 0 Å². The van der Waals surface area contributed by atoms with Crippen molar-refractivity contribution in [3.05, 3.63) is 83.4 Å². The van der Waals surface area contributed by atoms with E-state index in [4.69, 9.17) is 15.6 Å². The lowest BCUT2D eigenvalue weighted by molar-refractivity contribution is -0.123. The van der Waals surface area contributed by atoms with Gasteiger partial charge in [0.05, 0.1) is 10.6 Å². The van der Waals surface area contributed by atoms with Gasteiger partial charge < -0.3 is 15.4 Å². The van der Waals surface area contributed by atoms with Crippen molar-refractivity contribution >= 4 is 34.8 Å². The summed E-state index contributed by atoms with van der Waals surface area (Å²) >= 11 is 1.36. The summed E-state index contributed by atoms with van der Waals surface area (Å²) in [6.45, 7) is 7.45. The van der Waals surface area contributed by atoms with Crippen LogP contribution >= 0.6 is 11.8 Å². The molecular formula is C29H29N5O3S. The molecule has 38 heavy (non-hydrogen) atoms. The van der Waals surface area contributed by atoms with Gasteiger partial charge in [-0.05, 0) is 73.5 Å². The van der Waals surface area contributed by atoms with Gasteiger partial charge in [-0.15, -0.1) is 0 Å². The SMILES string of the molecule is C=CCOc1ccc(-c2nn(-c3ccccc3)cc2C=C2SC(N3CCC(C(N)=O)CC3)=NC2=O)c(C)c1. The molecule has 2 N–H and O–H groups in total. The van der Waals surface area contributed by atoms with E-state index in [1.165, 1.54) is 11.8 Å². The molecule has 0 atom stereocenters. The van der Waals surface area contributed by atoms with Crippen molar-refractivity contribution in [2.24, 2.45) is 16.6 Å². The predicted octanol–water partition coefficient (Wildman–Crippen LogP) is 4.58. The number of aromatic nitrogens is 2. The van der Waals surface area contributed by atoms with Crippen molar-refractivity contribution in [1.29, 1.82) is 0 Å². The number of thioether (sulfide) groups is 1. The van der Waals surface area contributed by atoms with E-state index in [1.807, 2.05) is 72.4 Å². The van der Waals surface area contributed by atoms with Gasteiger partial charge in [-0.25, -0.2) is 4.68 Å². The van der Waals surface area contributed by atoms with Gasteiger partial charge in [-0.3, -0.25) is 9.59 Å². The van der Waals surface area contributed by atoms with Crippen LogP contribution in [-0.2, 0) is 9.59 Å². The Bertz CT molecular complexity index is 1440.